The minimum absolute atomic E-state index is 0.338. The molecule has 0 aromatic carbocycles. The lowest BCUT2D eigenvalue weighted by Gasteiger charge is -2.24. The molecular formula is C13H22N2OS. The first-order valence-corrected chi connectivity index (χ1v) is 7.15. The molecule has 1 aromatic heterocycles. The molecule has 1 saturated heterocycles. The van der Waals surface area contributed by atoms with Gasteiger partial charge in [-0.2, -0.15) is 0 Å². The topological polar surface area (TPSA) is 34.2 Å². The van der Waals surface area contributed by atoms with Gasteiger partial charge in [-0.05, 0) is 33.2 Å². The molecule has 0 saturated carbocycles. The van der Waals surface area contributed by atoms with Gasteiger partial charge in [0, 0.05) is 23.9 Å². The fourth-order valence-electron chi connectivity index (χ4n) is 2.43. The number of likely N-dealkylation sites (N-methyl/N-ethyl adjacent to an activating group) is 1. The second-order valence-corrected chi connectivity index (χ2v) is 6.24. The number of rotatable bonds is 4. The Kier molecular flexibility index (Phi) is 4.17. The lowest BCUT2D eigenvalue weighted by atomic mass is 9.96. The van der Waals surface area contributed by atoms with Crippen molar-refractivity contribution in [3.8, 4) is 0 Å². The zero-order chi connectivity index (χ0) is 12.4. The van der Waals surface area contributed by atoms with Gasteiger partial charge in [-0.25, -0.2) is 4.98 Å². The van der Waals surface area contributed by atoms with Crippen molar-refractivity contribution in [2.24, 2.45) is 5.92 Å². The minimum atomic E-state index is 0.338. The zero-order valence-electron chi connectivity index (χ0n) is 11.1. The molecule has 3 nitrogen and oxygen atoms in total. The third-order valence-electron chi connectivity index (χ3n) is 3.68. The fraction of sp³-hybridized carbons (Fsp3) is 0.769. The number of hydrogen-bond acceptors (Lipinski definition) is 4. The van der Waals surface area contributed by atoms with Crippen molar-refractivity contribution in [2.75, 3.05) is 13.7 Å². The highest BCUT2D eigenvalue weighted by atomic mass is 32.1. The molecule has 3 atom stereocenters. The Morgan fingerprint density at radius 2 is 2.29 bits per heavy atom. The highest BCUT2D eigenvalue weighted by Crippen LogP contribution is 2.26. The van der Waals surface area contributed by atoms with Crippen LogP contribution in [-0.4, -0.2) is 30.8 Å². The highest BCUT2D eigenvalue weighted by molar-refractivity contribution is 7.11. The predicted molar refractivity (Wildman–Crippen MR) is 71.7 cm³/mol. The molecule has 0 radical (unpaired) electrons. The average molecular weight is 254 g/mol. The van der Waals surface area contributed by atoms with Crippen LogP contribution in [-0.2, 0) is 11.2 Å². The molecule has 1 fully saturated rings. The number of ether oxygens (including phenoxy) is 1. The Labute approximate surface area is 108 Å². The summed E-state index contributed by atoms with van der Waals surface area (Å²) in [5.41, 5.74) is 1.17. The molecule has 4 heteroatoms. The first-order chi connectivity index (χ1) is 8.11. The molecule has 2 heterocycles. The van der Waals surface area contributed by atoms with E-state index in [2.05, 4.69) is 31.1 Å². The largest absolute Gasteiger partial charge is 0.376 e. The lowest BCUT2D eigenvalue weighted by molar-refractivity contribution is 0.0634. The summed E-state index contributed by atoms with van der Waals surface area (Å²) in [6, 6.07) is 0.387. The van der Waals surface area contributed by atoms with Gasteiger partial charge in [-0.1, -0.05) is 6.92 Å². The van der Waals surface area contributed by atoms with Crippen molar-refractivity contribution in [3.63, 3.8) is 0 Å². The Bertz CT molecular complexity index is 358. The molecule has 1 aliphatic heterocycles. The van der Waals surface area contributed by atoms with Gasteiger partial charge in [0.1, 0.15) is 0 Å². The van der Waals surface area contributed by atoms with E-state index in [1.165, 1.54) is 22.0 Å². The molecule has 1 aliphatic rings. The van der Waals surface area contributed by atoms with Crippen LogP contribution in [0.1, 0.15) is 28.9 Å². The van der Waals surface area contributed by atoms with Gasteiger partial charge in [0.25, 0.3) is 0 Å². The Hall–Kier alpha value is -0.450. The van der Waals surface area contributed by atoms with Crippen molar-refractivity contribution < 1.29 is 4.74 Å². The minimum Gasteiger partial charge on any atom is -0.376 e. The van der Waals surface area contributed by atoms with Crippen LogP contribution < -0.4 is 5.32 Å². The van der Waals surface area contributed by atoms with Crippen molar-refractivity contribution >= 4 is 11.3 Å². The fourth-order valence-corrected chi connectivity index (χ4v) is 3.42. The van der Waals surface area contributed by atoms with Gasteiger partial charge in [-0.15, -0.1) is 11.3 Å². The van der Waals surface area contributed by atoms with E-state index in [4.69, 9.17) is 4.74 Å². The normalized spacial score (nSPS) is 26.4. The number of aromatic nitrogens is 1. The van der Waals surface area contributed by atoms with Crippen LogP contribution in [0.4, 0.5) is 0 Å². The maximum absolute atomic E-state index is 5.84. The predicted octanol–water partition coefficient (Wildman–Crippen LogP) is 2.32. The number of nitrogens with one attached hydrogen (secondary N) is 1. The van der Waals surface area contributed by atoms with Crippen molar-refractivity contribution in [2.45, 2.75) is 45.8 Å². The first kappa shape index (κ1) is 13.0. The van der Waals surface area contributed by atoms with E-state index in [9.17, 15) is 0 Å². The maximum atomic E-state index is 5.84. The van der Waals surface area contributed by atoms with Crippen molar-refractivity contribution in [1.29, 1.82) is 0 Å². The van der Waals surface area contributed by atoms with Gasteiger partial charge in [0.15, 0.2) is 0 Å². The summed E-state index contributed by atoms with van der Waals surface area (Å²) in [7, 11) is 2.02. The third kappa shape index (κ3) is 2.87. The first-order valence-electron chi connectivity index (χ1n) is 6.33. The molecule has 96 valence electrons. The van der Waals surface area contributed by atoms with Gasteiger partial charge in [0.2, 0.25) is 0 Å². The summed E-state index contributed by atoms with van der Waals surface area (Å²) < 4.78 is 5.84. The Morgan fingerprint density at radius 3 is 2.76 bits per heavy atom. The van der Waals surface area contributed by atoms with Gasteiger partial charge >= 0.3 is 0 Å². The molecule has 17 heavy (non-hydrogen) atoms. The van der Waals surface area contributed by atoms with E-state index in [0.29, 0.717) is 18.1 Å². The molecule has 1 N–H and O–H groups in total. The summed E-state index contributed by atoms with van der Waals surface area (Å²) in [6.07, 6.45) is 2.49. The highest BCUT2D eigenvalue weighted by Gasteiger charge is 2.31. The molecule has 0 aliphatic carbocycles. The molecule has 0 spiro atoms. The van der Waals surface area contributed by atoms with Crippen LogP contribution in [0.2, 0.25) is 0 Å². The molecule has 0 amide bonds. The summed E-state index contributed by atoms with van der Waals surface area (Å²) in [5.74, 6) is 0.648. The van der Waals surface area contributed by atoms with Crippen molar-refractivity contribution in [1.82, 2.24) is 10.3 Å². The molecule has 3 unspecified atom stereocenters. The second-order valence-electron chi connectivity index (χ2n) is 4.95. The molecule has 1 aromatic rings. The summed E-state index contributed by atoms with van der Waals surface area (Å²) >= 11 is 1.81. The van der Waals surface area contributed by atoms with E-state index in [-0.39, 0.29) is 0 Å². The summed E-state index contributed by atoms with van der Waals surface area (Å²) in [5, 5.41) is 4.62. The molecule has 2 rings (SSSR count). The number of thiazole rings is 1. The summed E-state index contributed by atoms with van der Waals surface area (Å²) in [4.78, 5) is 5.95. The molecule has 0 bridgehead atoms. The third-order valence-corrected chi connectivity index (χ3v) is 4.77. The lowest BCUT2D eigenvalue weighted by Crippen LogP contribution is -2.41. The van der Waals surface area contributed by atoms with Crippen LogP contribution in [0.3, 0.4) is 0 Å². The van der Waals surface area contributed by atoms with Crippen LogP contribution in [0, 0.1) is 19.8 Å². The smallest absolute Gasteiger partial charge is 0.0947 e. The van der Waals surface area contributed by atoms with Crippen LogP contribution in [0.5, 0.6) is 0 Å². The average Bonchev–Trinajstić information content (AvgIpc) is 2.83. The molecular weight excluding hydrogens is 232 g/mol. The maximum Gasteiger partial charge on any atom is 0.0947 e. The SMILES string of the molecule is CNC(Cc1nc(C)c(C)s1)C1OCCC1C. The van der Waals surface area contributed by atoms with E-state index < -0.39 is 0 Å². The van der Waals surface area contributed by atoms with Gasteiger partial charge < -0.3 is 10.1 Å². The standard InChI is InChI=1S/C13H22N2OS/c1-8-5-6-16-13(8)11(14-4)7-12-15-9(2)10(3)17-12/h8,11,13-14H,5-7H2,1-4H3. The monoisotopic (exact) mass is 254 g/mol. The zero-order valence-corrected chi connectivity index (χ0v) is 11.9. The Morgan fingerprint density at radius 1 is 1.53 bits per heavy atom. The summed E-state index contributed by atoms with van der Waals surface area (Å²) in [6.45, 7) is 7.40. The van der Waals surface area contributed by atoms with E-state index >= 15 is 0 Å². The van der Waals surface area contributed by atoms with E-state index in [0.717, 1.165) is 13.0 Å². The van der Waals surface area contributed by atoms with Gasteiger partial charge in [0.05, 0.1) is 16.8 Å². The number of aryl methyl sites for hydroxylation is 2. The van der Waals surface area contributed by atoms with E-state index in [1.807, 2.05) is 18.4 Å². The Balaban J connectivity index is 2.04. The number of nitrogens with zero attached hydrogens (tertiary/aromatic N) is 1. The van der Waals surface area contributed by atoms with Crippen LogP contribution in [0.25, 0.3) is 0 Å². The van der Waals surface area contributed by atoms with Crippen LogP contribution >= 0.6 is 11.3 Å². The van der Waals surface area contributed by atoms with Crippen LogP contribution in [0.15, 0.2) is 0 Å². The number of hydrogen-bond donors (Lipinski definition) is 1. The second kappa shape index (κ2) is 5.46. The van der Waals surface area contributed by atoms with Crippen molar-refractivity contribution in [3.05, 3.63) is 15.6 Å². The van der Waals surface area contributed by atoms with Gasteiger partial charge in [-0.3, -0.25) is 0 Å². The quantitative estimate of drug-likeness (QED) is 0.895. The van der Waals surface area contributed by atoms with E-state index in [1.54, 1.807) is 0 Å².